The van der Waals surface area contributed by atoms with E-state index < -0.39 is 0 Å². The third kappa shape index (κ3) is 4.32. The Bertz CT molecular complexity index is 896. The molecule has 0 N–H and O–H groups in total. The van der Waals surface area contributed by atoms with Crippen LogP contribution in [-0.2, 0) is 0 Å². The molecule has 2 aromatic carbocycles. The van der Waals surface area contributed by atoms with Crippen LogP contribution in [0.25, 0.3) is 11.0 Å². The van der Waals surface area contributed by atoms with E-state index in [9.17, 15) is 4.79 Å². The molecule has 3 rings (SSSR count). The first kappa shape index (κ1) is 16.9. The van der Waals surface area contributed by atoms with Crippen LogP contribution in [0.1, 0.15) is 12.0 Å². The number of benzene rings is 2. The summed E-state index contributed by atoms with van der Waals surface area (Å²) in [4.78, 5) is 11.5. The molecule has 25 heavy (non-hydrogen) atoms. The molecule has 0 amide bonds. The molecule has 130 valence electrons. The molecular weight excluding hydrogens is 320 g/mol. The van der Waals surface area contributed by atoms with Crippen LogP contribution in [0.2, 0.25) is 0 Å². The molecule has 0 saturated carbocycles. The van der Waals surface area contributed by atoms with Crippen molar-refractivity contribution in [3.63, 3.8) is 0 Å². The average molecular weight is 340 g/mol. The zero-order chi connectivity index (χ0) is 17.6. The number of hydrogen-bond acceptors (Lipinski definition) is 5. The van der Waals surface area contributed by atoms with Crippen LogP contribution in [0.15, 0.2) is 57.7 Å². The van der Waals surface area contributed by atoms with E-state index in [-0.39, 0.29) is 5.63 Å². The number of aryl methyl sites for hydroxylation is 1. The van der Waals surface area contributed by atoms with Crippen LogP contribution >= 0.6 is 0 Å². The lowest BCUT2D eigenvalue weighted by molar-refractivity contribution is 0.247. The van der Waals surface area contributed by atoms with Gasteiger partial charge in [-0.05, 0) is 48.9 Å². The van der Waals surface area contributed by atoms with Gasteiger partial charge < -0.3 is 18.6 Å². The predicted octanol–water partition coefficient (Wildman–Crippen LogP) is 3.96. The fourth-order valence-electron chi connectivity index (χ4n) is 2.51. The molecule has 0 fully saturated rings. The number of fused-ring (bicyclic) bond motifs is 1. The van der Waals surface area contributed by atoms with Gasteiger partial charge in [0.15, 0.2) is 0 Å². The minimum Gasteiger partial charge on any atom is -0.497 e. The molecule has 1 aromatic heterocycles. The van der Waals surface area contributed by atoms with Gasteiger partial charge in [-0.25, -0.2) is 4.79 Å². The molecule has 0 aliphatic heterocycles. The second kappa shape index (κ2) is 7.75. The van der Waals surface area contributed by atoms with Crippen molar-refractivity contribution in [2.45, 2.75) is 13.3 Å². The first-order chi connectivity index (χ1) is 12.2. The molecule has 0 spiro atoms. The van der Waals surface area contributed by atoms with Gasteiger partial charge in [-0.3, -0.25) is 0 Å². The quantitative estimate of drug-likeness (QED) is 0.481. The van der Waals surface area contributed by atoms with Crippen LogP contribution < -0.4 is 19.8 Å². The largest absolute Gasteiger partial charge is 0.497 e. The van der Waals surface area contributed by atoms with Gasteiger partial charge in [-0.2, -0.15) is 0 Å². The molecule has 5 nitrogen and oxygen atoms in total. The second-order valence-corrected chi connectivity index (χ2v) is 5.63. The topological polar surface area (TPSA) is 57.9 Å². The summed E-state index contributed by atoms with van der Waals surface area (Å²) < 4.78 is 21.7. The molecule has 5 heteroatoms. The van der Waals surface area contributed by atoms with Crippen molar-refractivity contribution in [3.05, 3.63) is 64.5 Å². The molecule has 1 heterocycles. The van der Waals surface area contributed by atoms with Crippen LogP contribution in [0.4, 0.5) is 0 Å². The monoisotopic (exact) mass is 340 g/mol. The third-order valence-corrected chi connectivity index (χ3v) is 3.81. The number of methoxy groups -OCH3 is 1. The lowest BCUT2D eigenvalue weighted by atomic mass is 10.1. The Balaban J connectivity index is 1.50. The highest BCUT2D eigenvalue weighted by atomic mass is 16.5. The first-order valence-corrected chi connectivity index (χ1v) is 8.10. The minimum absolute atomic E-state index is 0.352. The van der Waals surface area contributed by atoms with Crippen molar-refractivity contribution in [2.75, 3.05) is 20.3 Å². The zero-order valence-corrected chi connectivity index (χ0v) is 14.3. The summed E-state index contributed by atoms with van der Waals surface area (Å²) in [6.45, 7) is 2.95. The molecular formula is C20H20O5. The number of ether oxygens (including phenoxy) is 3. The standard InChI is InChI=1S/C20H20O5/c1-14-12-20(21)25-19-13-17(8-9-18(14)19)24-11-3-10-23-16-6-4-15(22-2)5-7-16/h4-9,12-13H,3,10-11H2,1-2H3. The molecule has 0 aliphatic carbocycles. The zero-order valence-electron chi connectivity index (χ0n) is 14.3. The van der Waals surface area contributed by atoms with Crippen molar-refractivity contribution in [2.24, 2.45) is 0 Å². The summed E-state index contributed by atoms with van der Waals surface area (Å²) >= 11 is 0. The van der Waals surface area contributed by atoms with E-state index in [4.69, 9.17) is 18.6 Å². The van der Waals surface area contributed by atoms with E-state index in [0.717, 1.165) is 28.9 Å². The highest BCUT2D eigenvalue weighted by molar-refractivity contribution is 5.81. The van der Waals surface area contributed by atoms with Crippen LogP contribution in [-0.4, -0.2) is 20.3 Å². The summed E-state index contributed by atoms with van der Waals surface area (Å²) in [5.41, 5.74) is 1.08. The molecule has 0 aliphatic rings. The molecule has 3 aromatic rings. The average Bonchev–Trinajstić information content (AvgIpc) is 2.61. The summed E-state index contributed by atoms with van der Waals surface area (Å²) in [5.74, 6) is 2.27. The SMILES string of the molecule is COc1ccc(OCCCOc2ccc3c(C)cc(=O)oc3c2)cc1. The second-order valence-electron chi connectivity index (χ2n) is 5.63. The highest BCUT2D eigenvalue weighted by Gasteiger charge is 2.04. The Morgan fingerprint density at radius 3 is 2.24 bits per heavy atom. The van der Waals surface area contributed by atoms with E-state index in [1.807, 2.05) is 43.3 Å². The highest BCUT2D eigenvalue weighted by Crippen LogP contribution is 2.22. The first-order valence-electron chi connectivity index (χ1n) is 8.10. The van der Waals surface area contributed by atoms with E-state index in [0.29, 0.717) is 24.5 Å². The maximum absolute atomic E-state index is 11.5. The summed E-state index contributed by atoms with van der Waals surface area (Å²) in [5, 5.41) is 0.912. The van der Waals surface area contributed by atoms with Gasteiger partial charge in [-0.1, -0.05) is 0 Å². The fraction of sp³-hybridized carbons (Fsp3) is 0.250. The van der Waals surface area contributed by atoms with Crippen LogP contribution in [0.3, 0.4) is 0 Å². The maximum Gasteiger partial charge on any atom is 0.336 e. The van der Waals surface area contributed by atoms with E-state index in [1.165, 1.54) is 6.07 Å². The lowest BCUT2D eigenvalue weighted by Gasteiger charge is -2.09. The van der Waals surface area contributed by atoms with Gasteiger partial charge >= 0.3 is 5.63 Å². The Morgan fingerprint density at radius 2 is 1.52 bits per heavy atom. The Labute approximate surface area is 145 Å². The lowest BCUT2D eigenvalue weighted by Crippen LogP contribution is -2.05. The molecule has 0 atom stereocenters. The van der Waals surface area contributed by atoms with Gasteiger partial charge in [0.05, 0.1) is 20.3 Å². The Kier molecular flexibility index (Phi) is 5.23. The van der Waals surface area contributed by atoms with Gasteiger partial charge in [-0.15, -0.1) is 0 Å². The number of hydrogen-bond donors (Lipinski definition) is 0. The normalized spacial score (nSPS) is 10.6. The fourth-order valence-corrected chi connectivity index (χ4v) is 2.51. The predicted molar refractivity (Wildman–Crippen MR) is 95.8 cm³/mol. The summed E-state index contributed by atoms with van der Waals surface area (Å²) in [6.07, 6.45) is 0.738. The molecule has 0 saturated heterocycles. The molecule has 0 radical (unpaired) electrons. The van der Waals surface area contributed by atoms with Crippen molar-refractivity contribution in [3.8, 4) is 17.2 Å². The van der Waals surface area contributed by atoms with Gasteiger partial charge in [0.25, 0.3) is 0 Å². The third-order valence-electron chi connectivity index (χ3n) is 3.81. The van der Waals surface area contributed by atoms with Crippen molar-refractivity contribution in [1.29, 1.82) is 0 Å². The smallest absolute Gasteiger partial charge is 0.336 e. The Morgan fingerprint density at radius 1 is 0.880 bits per heavy atom. The molecule has 0 unspecified atom stereocenters. The summed E-state index contributed by atoms with van der Waals surface area (Å²) in [7, 11) is 1.63. The Hall–Kier alpha value is -2.95. The van der Waals surface area contributed by atoms with Gasteiger partial charge in [0.1, 0.15) is 22.8 Å². The van der Waals surface area contributed by atoms with Crippen molar-refractivity contribution < 1.29 is 18.6 Å². The maximum atomic E-state index is 11.5. The van der Waals surface area contributed by atoms with Crippen molar-refractivity contribution in [1.82, 2.24) is 0 Å². The van der Waals surface area contributed by atoms with Crippen LogP contribution in [0.5, 0.6) is 17.2 Å². The van der Waals surface area contributed by atoms with Crippen LogP contribution in [0, 0.1) is 6.92 Å². The van der Waals surface area contributed by atoms with E-state index >= 15 is 0 Å². The van der Waals surface area contributed by atoms with E-state index in [2.05, 4.69) is 0 Å². The number of rotatable bonds is 7. The minimum atomic E-state index is -0.352. The van der Waals surface area contributed by atoms with Gasteiger partial charge in [0, 0.05) is 23.9 Å². The van der Waals surface area contributed by atoms with Gasteiger partial charge in [0.2, 0.25) is 0 Å². The summed E-state index contributed by atoms with van der Waals surface area (Å²) in [6, 6.07) is 14.5. The van der Waals surface area contributed by atoms with E-state index in [1.54, 1.807) is 13.2 Å². The van der Waals surface area contributed by atoms with Crippen molar-refractivity contribution >= 4 is 11.0 Å². The molecule has 0 bridgehead atoms.